The summed E-state index contributed by atoms with van der Waals surface area (Å²) in [5.74, 6) is -0.524. The second-order valence-electron chi connectivity index (χ2n) is 4.65. The first-order valence-corrected chi connectivity index (χ1v) is 8.02. The minimum atomic E-state index is -0.350. The zero-order chi connectivity index (χ0) is 15.9. The van der Waals surface area contributed by atoms with Crippen molar-refractivity contribution in [1.82, 2.24) is 0 Å². The van der Waals surface area contributed by atoms with Gasteiger partial charge >= 0.3 is 5.97 Å². The molecular formula is C17H16INO3. The van der Waals surface area contributed by atoms with Crippen molar-refractivity contribution in [3.05, 3.63) is 63.2 Å². The first-order valence-electron chi connectivity index (χ1n) is 6.95. The number of rotatable bonds is 5. The van der Waals surface area contributed by atoms with E-state index in [1.807, 2.05) is 25.1 Å². The van der Waals surface area contributed by atoms with Gasteiger partial charge in [0.1, 0.15) is 0 Å². The van der Waals surface area contributed by atoms with E-state index in [4.69, 9.17) is 4.74 Å². The molecule has 0 unspecified atom stereocenters. The molecule has 0 radical (unpaired) electrons. The lowest BCUT2D eigenvalue weighted by Crippen LogP contribution is -2.13. The number of carbonyl (C=O) groups excluding carboxylic acids is 2. The lowest BCUT2D eigenvalue weighted by atomic mass is 10.2. The number of ether oxygens (including phenoxy) is 1. The van der Waals surface area contributed by atoms with Gasteiger partial charge in [0, 0.05) is 9.26 Å². The van der Waals surface area contributed by atoms with E-state index in [1.54, 1.807) is 30.3 Å². The number of nitrogens with one attached hydrogen (secondary N) is 1. The van der Waals surface area contributed by atoms with Crippen LogP contribution < -0.4 is 5.32 Å². The minimum Gasteiger partial charge on any atom is -0.462 e. The number of hydrogen-bond acceptors (Lipinski definition) is 3. The molecule has 0 aliphatic carbocycles. The van der Waals surface area contributed by atoms with Crippen LogP contribution >= 0.6 is 22.6 Å². The zero-order valence-corrected chi connectivity index (χ0v) is 14.3. The maximum Gasteiger partial charge on any atom is 0.338 e. The number of amides is 1. The summed E-state index contributed by atoms with van der Waals surface area (Å²) in [7, 11) is 0. The second-order valence-corrected chi connectivity index (χ2v) is 5.81. The quantitative estimate of drug-likeness (QED) is 0.598. The summed E-state index contributed by atoms with van der Waals surface area (Å²) in [4.78, 5) is 23.9. The second kappa shape index (κ2) is 7.93. The Morgan fingerprint density at radius 3 is 2.41 bits per heavy atom. The third-order valence-corrected chi connectivity index (χ3v) is 3.87. The molecular weight excluding hydrogens is 393 g/mol. The van der Waals surface area contributed by atoms with Crippen LogP contribution in [0, 0.1) is 3.57 Å². The van der Waals surface area contributed by atoms with E-state index in [0.717, 1.165) is 9.99 Å². The van der Waals surface area contributed by atoms with E-state index in [2.05, 4.69) is 27.9 Å². The third-order valence-electron chi connectivity index (χ3n) is 2.93. The highest BCUT2D eigenvalue weighted by molar-refractivity contribution is 14.1. The Labute approximate surface area is 143 Å². The Bertz CT molecular complexity index is 668. The summed E-state index contributed by atoms with van der Waals surface area (Å²) >= 11 is 2.12. The number of esters is 1. The van der Waals surface area contributed by atoms with Crippen molar-refractivity contribution < 1.29 is 14.3 Å². The molecule has 0 atom stereocenters. The van der Waals surface area contributed by atoms with Gasteiger partial charge in [-0.3, -0.25) is 4.79 Å². The number of halogens is 1. The van der Waals surface area contributed by atoms with Crippen LogP contribution in [0.15, 0.2) is 48.5 Å². The van der Waals surface area contributed by atoms with Gasteiger partial charge < -0.3 is 10.1 Å². The first-order chi connectivity index (χ1) is 10.6. The molecule has 2 aromatic rings. The van der Waals surface area contributed by atoms with Gasteiger partial charge in [-0.05, 0) is 65.4 Å². The standard InChI is InChI=1S/C17H16INO3/c1-2-11-22-17(21)12-7-9-13(10-8-12)19-16(20)14-5-3-4-6-15(14)18/h3-10H,2,11H2,1H3,(H,19,20). The molecule has 114 valence electrons. The Kier molecular flexibility index (Phi) is 5.94. The van der Waals surface area contributed by atoms with Crippen molar-refractivity contribution in [1.29, 1.82) is 0 Å². The highest BCUT2D eigenvalue weighted by atomic mass is 127. The number of benzene rings is 2. The van der Waals surface area contributed by atoms with Crippen LogP contribution in [-0.2, 0) is 4.74 Å². The van der Waals surface area contributed by atoms with Crippen LogP contribution in [0.25, 0.3) is 0 Å². The van der Waals surface area contributed by atoms with Crippen molar-refractivity contribution in [3.63, 3.8) is 0 Å². The summed E-state index contributed by atoms with van der Waals surface area (Å²) in [6.45, 7) is 2.35. The summed E-state index contributed by atoms with van der Waals surface area (Å²) < 4.78 is 5.94. The van der Waals surface area contributed by atoms with Crippen molar-refractivity contribution in [2.45, 2.75) is 13.3 Å². The van der Waals surface area contributed by atoms with E-state index >= 15 is 0 Å². The highest BCUT2D eigenvalue weighted by Gasteiger charge is 2.10. The van der Waals surface area contributed by atoms with Gasteiger partial charge in [-0.25, -0.2) is 4.79 Å². The van der Waals surface area contributed by atoms with Crippen molar-refractivity contribution in [2.75, 3.05) is 11.9 Å². The maximum absolute atomic E-state index is 12.2. The average Bonchev–Trinajstić information content (AvgIpc) is 2.53. The molecule has 0 fully saturated rings. The first kappa shape index (κ1) is 16.5. The molecule has 2 rings (SSSR count). The molecule has 22 heavy (non-hydrogen) atoms. The Hall–Kier alpha value is -1.89. The van der Waals surface area contributed by atoms with Crippen molar-refractivity contribution in [3.8, 4) is 0 Å². The molecule has 5 heteroatoms. The predicted molar refractivity (Wildman–Crippen MR) is 94.1 cm³/mol. The van der Waals surface area contributed by atoms with Gasteiger partial charge in [0.15, 0.2) is 0 Å². The minimum absolute atomic E-state index is 0.175. The summed E-state index contributed by atoms with van der Waals surface area (Å²) in [5.41, 5.74) is 1.73. The van der Waals surface area contributed by atoms with Gasteiger partial charge in [0.05, 0.1) is 17.7 Å². The molecule has 0 saturated heterocycles. The van der Waals surface area contributed by atoms with E-state index < -0.39 is 0 Å². The number of carbonyl (C=O) groups is 2. The van der Waals surface area contributed by atoms with E-state index in [9.17, 15) is 9.59 Å². The molecule has 0 heterocycles. The van der Waals surface area contributed by atoms with Crippen LogP contribution in [-0.4, -0.2) is 18.5 Å². The third kappa shape index (κ3) is 4.30. The maximum atomic E-state index is 12.2. The largest absolute Gasteiger partial charge is 0.462 e. The molecule has 0 spiro atoms. The van der Waals surface area contributed by atoms with Gasteiger partial charge in [-0.15, -0.1) is 0 Å². The Morgan fingerprint density at radius 2 is 1.77 bits per heavy atom. The summed E-state index contributed by atoms with van der Waals surface area (Å²) in [6, 6.07) is 14.0. The average molecular weight is 409 g/mol. The van der Waals surface area contributed by atoms with Crippen LogP contribution in [0.4, 0.5) is 5.69 Å². The van der Waals surface area contributed by atoms with Gasteiger partial charge in [0.25, 0.3) is 5.91 Å². The molecule has 0 saturated carbocycles. The molecule has 0 aliphatic heterocycles. The van der Waals surface area contributed by atoms with E-state index in [1.165, 1.54) is 0 Å². The highest BCUT2D eigenvalue weighted by Crippen LogP contribution is 2.15. The number of anilines is 1. The lowest BCUT2D eigenvalue weighted by molar-refractivity contribution is 0.0505. The molecule has 2 aromatic carbocycles. The van der Waals surface area contributed by atoms with Crippen LogP contribution in [0.5, 0.6) is 0 Å². The van der Waals surface area contributed by atoms with Gasteiger partial charge in [0.2, 0.25) is 0 Å². The Morgan fingerprint density at radius 1 is 1.09 bits per heavy atom. The molecule has 0 aromatic heterocycles. The smallest absolute Gasteiger partial charge is 0.338 e. The predicted octanol–water partition coefficient (Wildman–Crippen LogP) is 4.11. The molecule has 4 nitrogen and oxygen atoms in total. The normalized spacial score (nSPS) is 10.1. The summed E-state index contributed by atoms with van der Waals surface area (Å²) in [5, 5.41) is 2.81. The van der Waals surface area contributed by atoms with E-state index in [-0.39, 0.29) is 11.9 Å². The van der Waals surface area contributed by atoms with Gasteiger partial charge in [-0.2, -0.15) is 0 Å². The Balaban J connectivity index is 2.04. The fraction of sp³-hybridized carbons (Fsp3) is 0.176. The zero-order valence-electron chi connectivity index (χ0n) is 12.1. The topological polar surface area (TPSA) is 55.4 Å². The van der Waals surface area contributed by atoms with E-state index in [0.29, 0.717) is 23.4 Å². The van der Waals surface area contributed by atoms with Crippen LogP contribution in [0.2, 0.25) is 0 Å². The van der Waals surface area contributed by atoms with Crippen LogP contribution in [0.1, 0.15) is 34.1 Å². The monoisotopic (exact) mass is 409 g/mol. The van der Waals surface area contributed by atoms with Crippen molar-refractivity contribution in [2.24, 2.45) is 0 Å². The SMILES string of the molecule is CCCOC(=O)c1ccc(NC(=O)c2ccccc2I)cc1. The summed E-state index contributed by atoms with van der Waals surface area (Å²) in [6.07, 6.45) is 0.787. The number of hydrogen-bond donors (Lipinski definition) is 1. The molecule has 1 amide bonds. The van der Waals surface area contributed by atoms with Crippen molar-refractivity contribution >= 4 is 40.2 Å². The molecule has 0 aliphatic rings. The lowest BCUT2D eigenvalue weighted by Gasteiger charge is -2.08. The molecule has 1 N–H and O–H groups in total. The fourth-order valence-corrected chi connectivity index (χ4v) is 2.44. The fourth-order valence-electron chi connectivity index (χ4n) is 1.81. The molecule has 0 bridgehead atoms. The van der Waals surface area contributed by atoms with Crippen LogP contribution in [0.3, 0.4) is 0 Å². The van der Waals surface area contributed by atoms with Gasteiger partial charge in [-0.1, -0.05) is 19.1 Å².